The Labute approximate surface area is 104 Å². The molecule has 1 rings (SSSR count). The number of hydrogen-bond acceptors (Lipinski definition) is 1. The van der Waals surface area contributed by atoms with Gasteiger partial charge in [-0.25, -0.2) is 0 Å². The maximum absolute atomic E-state index is 5.97. The highest BCUT2D eigenvalue weighted by atomic mass is 35.5. The lowest BCUT2D eigenvalue weighted by molar-refractivity contribution is 0.564. The zero-order valence-electron chi connectivity index (χ0n) is 10.1. The first-order valence-corrected chi connectivity index (χ1v) is 6.14. The highest BCUT2D eigenvalue weighted by Crippen LogP contribution is 2.14. The molecule has 0 fully saturated rings. The summed E-state index contributed by atoms with van der Waals surface area (Å²) in [7, 11) is 0. The van der Waals surface area contributed by atoms with Crippen LogP contribution in [0, 0.1) is 0 Å². The zero-order chi connectivity index (χ0) is 12.0. The molecule has 1 aromatic rings. The lowest BCUT2D eigenvalue weighted by atomic mass is 10.0. The maximum atomic E-state index is 5.97. The average Bonchev–Trinajstić information content (AvgIpc) is 2.24. The molecule has 0 aromatic heterocycles. The van der Waals surface area contributed by atoms with E-state index in [-0.39, 0.29) is 0 Å². The van der Waals surface area contributed by atoms with E-state index in [0.29, 0.717) is 6.04 Å². The van der Waals surface area contributed by atoms with Crippen LogP contribution in [-0.2, 0) is 6.42 Å². The van der Waals surface area contributed by atoms with Gasteiger partial charge >= 0.3 is 0 Å². The van der Waals surface area contributed by atoms with E-state index >= 15 is 0 Å². The fourth-order valence-electron chi connectivity index (χ4n) is 1.64. The van der Waals surface area contributed by atoms with Crippen molar-refractivity contribution in [3.05, 3.63) is 47.0 Å². The number of halogens is 1. The smallest absolute Gasteiger partial charge is 0.0408 e. The minimum atomic E-state index is 0.346. The second-order valence-electron chi connectivity index (χ2n) is 4.19. The minimum absolute atomic E-state index is 0.346. The highest BCUT2D eigenvalue weighted by molar-refractivity contribution is 6.30. The summed E-state index contributed by atoms with van der Waals surface area (Å²) >= 11 is 5.97. The van der Waals surface area contributed by atoms with Crippen molar-refractivity contribution in [2.75, 3.05) is 6.54 Å². The van der Waals surface area contributed by atoms with Crippen LogP contribution in [0.5, 0.6) is 0 Å². The van der Waals surface area contributed by atoms with Crippen LogP contribution in [-0.4, -0.2) is 12.6 Å². The first-order chi connectivity index (χ1) is 7.63. The molecule has 0 saturated carbocycles. The Morgan fingerprint density at radius 3 is 2.81 bits per heavy atom. The molecular weight excluding hydrogens is 218 g/mol. The van der Waals surface area contributed by atoms with Gasteiger partial charge in [0.2, 0.25) is 0 Å². The van der Waals surface area contributed by atoms with Crippen molar-refractivity contribution < 1.29 is 0 Å². The number of benzene rings is 1. The van der Waals surface area contributed by atoms with Gasteiger partial charge in [0.05, 0.1) is 0 Å². The molecule has 0 saturated heterocycles. The quantitative estimate of drug-likeness (QED) is 0.742. The van der Waals surface area contributed by atoms with Crippen LogP contribution >= 0.6 is 11.6 Å². The van der Waals surface area contributed by atoms with E-state index in [1.807, 2.05) is 18.2 Å². The van der Waals surface area contributed by atoms with E-state index in [4.69, 9.17) is 11.6 Å². The summed E-state index contributed by atoms with van der Waals surface area (Å²) < 4.78 is 0. The van der Waals surface area contributed by atoms with Crippen molar-refractivity contribution in [2.45, 2.75) is 32.7 Å². The van der Waals surface area contributed by atoms with Gasteiger partial charge in [0, 0.05) is 11.1 Å². The summed E-state index contributed by atoms with van der Waals surface area (Å²) in [5.74, 6) is 0. The zero-order valence-corrected chi connectivity index (χ0v) is 10.8. The fraction of sp³-hybridized carbons (Fsp3) is 0.429. The van der Waals surface area contributed by atoms with Crippen molar-refractivity contribution in [1.82, 2.24) is 5.32 Å². The highest BCUT2D eigenvalue weighted by Gasteiger charge is 2.09. The topological polar surface area (TPSA) is 12.0 Å². The average molecular weight is 238 g/mol. The summed E-state index contributed by atoms with van der Waals surface area (Å²) in [4.78, 5) is 0. The third-order valence-corrected chi connectivity index (χ3v) is 2.80. The number of nitrogens with one attached hydrogen (secondary N) is 1. The lowest BCUT2D eigenvalue weighted by Gasteiger charge is -2.18. The van der Waals surface area contributed by atoms with Gasteiger partial charge in [-0.15, -0.1) is 0 Å². The normalized spacial score (nSPS) is 12.4. The van der Waals surface area contributed by atoms with Gasteiger partial charge in [-0.2, -0.15) is 0 Å². The molecule has 0 radical (unpaired) electrons. The van der Waals surface area contributed by atoms with Crippen LogP contribution in [0.4, 0.5) is 0 Å². The number of hydrogen-bond donors (Lipinski definition) is 1. The van der Waals surface area contributed by atoms with Gasteiger partial charge in [-0.3, -0.25) is 0 Å². The Morgan fingerprint density at radius 2 is 2.25 bits per heavy atom. The Morgan fingerprint density at radius 1 is 1.50 bits per heavy atom. The molecule has 1 N–H and O–H groups in total. The molecule has 0 amide bonds. The molecule has 88 valence electrons. The van der Waals surface area contributed by atoms with E-state index in [9.17, 15) is 0 Å². The first kappa shape index (κ1) is 13.3. The summed E-state index contributed by atoms with van der Waals surface area (Å²) in [5.41, 5.74) is 2.43. The Kier molecular flexibility index (Phi) is 5.58. The third kappa shape index (κ3) is 4.38. The second kappa shape index (κ2) is 6.72. The van der Waals surface area contributed by atoms with E-state index in [1.54, 1.807) is 0 Å². The molecule has 0 aliphatic heterocycles. The van der Waals surface area contributed by atoms with Crippen LogP contribution in [0.2, 0.25) is 5.02 Å². The van der Waals surface area contributed by atoms with Crippen molar-refractivity contribution in [1.29, 1.82) is 0 Å². The van der Waals surface area contributed by atoms with Crippen LogP contribution in [0.25, 0.3) is 0 Å². The largest absolute Gasteiger partial charge is 0.310 e. The molecule has 1 nitrogen and oxygen atoms in total. The Hall–Kier alpha value is -0.790. The van der Waals surface area contributed by atoms with Gasteiger partial charge in [-0.1, -0.05) is 42.8 Å². The Bertz CT molecular complexity index is 346. The first-order valence-electron chi connectivity index (χ1n) is 5.76. The van der Waals surface area contributed by atoms with E-state index in [1.165, 1.54) is 11.1 Å². The van der Waals surface area contributed by atoms with E-state index in [0.717, 1.165) is 24.4 Å². The van der Waals surface area contributed by atoms with Crippen LogP contribution in [0.3, 0.4) is 0 Å². The molecule has 2 heteroatoms. The summed E-state index contributed by atoms with van der Waals surface area (Å²) in [6, 6.07) is 8.37. The molecule has 1 atom stereocenters. The minimum Gasteiger partial charge on any atom is -0.310 e. The van der Waals surface area contributed by atoms with Crippen LogP contribution in [0.15, 0.2) is 36.4 Å². The lowest BCUT2D eigenvalue weighted by Crippen LogP contribution is -2.32. The molecule has 0 spiro atoms. The molecular formula is C14H20ClN. The summed E-state index contributed by atoms with van der Waals surface area (Å²) in [6.45, 7) is 9.29. The predicted octanol–water partition coefficient (Wildman–Crippen LogP) is 3.83. The molecule has 0 bridgehead atoms. The van der Waals surface area contributed by atoms with Crippen molar-refractivity contribution in [3.63, 3.8) is 0 Å². The molecule has 1 aromatic carbocycles. The van der Waals surface area contributed by atoms with Gasteiger partial charge in [0.25, 0.3) is 0 Å². The maximum Gasteiger partial charge on any atom is 0.0408 e. The molecule has 1 unspecified atom stereocenters. The molecule has 0 aliphatic rings. The van der Waals surface area contributed by atoms with Gasteiger partial charge in [0.15, 0.2) is 0 Å². The standard InChI is InChI=1S/C14H20ClN/c1-4-8-16-14(11(2)3)10-12-6-5-7-13(15)9-12/h5-7,9,14,16H,2,4,8,10H2,1,3H3. The third-order valence-electron chi connectivity index (χ3n) is 2.56. The molecule has 0 aliphatic carbocycles. The summed E-state index contributed by atoms with van der Waals surface area (Å²) in [6.07, 6.45) is 2.09. The van der Waals surface area contributed by atoms with Crippen LogP contribution < -0.4 is 5.32 Å². The monoisotopic (exact) mass is 237 g/mol. The van der Waals surface area contributed by atoms with E-state index < -0.39 is 0 Å². The fourth-order valence-corrected chi connectivity index (χ4v) is 1.85. The summed E-state index contributed by atoms with van der Waals surface area (Å²) in [5, 5.41) is 4.29. The van der Waals surface area contributed by atoms with Gasteiger partial charge < -0.3 is 5.32 Å². The van der Waals surface area contributed by atoms with Crippen molar-refractivity contribution in [3.8, 4) is 0 Å². The van der Waals surface area contributed by atoms with Crippen molar-refractivity contribution in [2.24, 2.45) is 0 Å². The molecule has 16 heavy (non-hydrogen) atoms. The van der Waals surface area contributed by atoms with Gasteiger partial charge in [0.1, 0.15) is 0 Å². The van der Waals surface area contributed by atoms with Crippen LogP contribution in [0.1, 0.15) is 25.8 Å². The number of rotatable bonds is 6. The van der Waals surface area contributed by atoms with E-state index in [2.05, 4.69) is 31.8 Å². The molecule has 0 heterocycles. The van der Waals surface area contributed by atoms with Gasteiger partial charge in [-0.05, 0) is 44.0 Å². The Balaban J connectivity index is 2.64. The van der Waals surface area contributed by atoms with Crippen molar-refractivity contribution >= 4 is 11.6 Å². The SMILES string of the molecule is C=C(C)C(Cc1cccc(Cl)c1)NCCC. The second-order valence-corrected chi connectivity index (χ2v) is 4.62. The predicted molar refractivity (Wildman–Crippen MR) is 72.1 cm³/mol.